The molecule has 1 atom stereocenters. The first-order chi connectivity index (χ1) is 12.2. The Bertz CT molecular complexity index is 692. The van der Waals surface area contributed by atoms with E-state index in [1.165, 1.54) is 19.7 Å². The maximum atomic E-state index is 6.37. The second-order valence-corrected chi connectivity index (χ2v) is 5.63. The third-order valence-electron chi connectivity index (χ3n) is 3.66. The molecule has 0 radical (unpaired) electrons. The lowest BCUT2D eigenvalue weighted by Crippen LogP contribution is -2.12. The number of aromatic nitrogens is 2. The number of ether oxygens (including phenoxy) is 1. The van der Waals surface area contributed by atoms with Gasteiger partial charge in [-0.05, 0) is 30.5 Å². The van der Waals surface area contributed by atoms with E-state index < -0.39 is 0 Å². The molecule has 2 N–H and O–H groups in total. The van der Waals surface area contributed by atoms with Crippen molar-refractivity contribution in [2.24, 2.45) is 0 Å². The second kappa shape index (κ2) is 9.86. The number of nitrogens with zero attached hydrogens (tertiary/aromatic N) is 2. The highest BCUT2D eigenvalue weighted by Crippen LogP contribution is 2.28. The van der Waals surface area contributed by atoms with Gasteiger partial charge in [-0.3, -0.25) is 10.3 Å². The van der Waals surface area contributed by atoms with Gasteiger partial charge in [0.05, 0.1) is 25.0 Å². The van der Waals surface area contributed by atoms with Gasteiger partial charge in [0.1, 0.15) is 29.2 Å². The summed E-state index contributed by atoms with van der Waals surface area (Å²) in [6.45, 7) is 4.13. The van der Waals surface area contributed by atoms with Crippen molar-refractivity contribution in [1.29, 1.82) is 0 Å². The van der Waals surface area contributed by atoms with E-state index in [1.807, 2.05) is 31.2 Å². The van der Waals surface area contributed by atoms with Crippen LogP contribution in [0, 0.1) is 0 Å². The Labute approximate surface area is 153 Å². The topological polar surface area (TPSA) is 68.3 Å². The SMILES string of the molecule is CCc1ncnc(NC(CC)c2ccc(OC=CNOC)cc2)c1Cl. The van der Waals surface area contributed by atoms with E-state index in [2.05, 4.69) is 32.5 Å². The molecule has 25 heavy (non-hydrogen) atoms. The number of benzene rings is 1. The number of hydrogen-bond donors (Lipinski definition) is 2. The van der Waals surface area contributed by atoms with Gasteiger partial charge in [0.15, 0.2) is 0 Å². The molecular weight excluding hydrogens is 340 g/mol. The van der Waals surface area contributed by atoms with Crippen LogP contribution in [0.3, 0.4) is 0 Å². The average Bonchev–Trinajstić information content (AvgIpc) is 2.65. The summed E-state index contributed by atoms with van der Waals surface area (Å²) in [7, 11) is 1.53. The minimum Gasteiger partial charge on any atom is -0.463 e. The van der Waals surface area contributed by atoms with Crippen molar-refractivity contribution in [2.75, 3.05) is 12.4 Å². The van der Waals surface area contributed by atoms with Crippen LogP contribution in [-0.2, 0) is 11.3 Å². The first kappa shape index (κ1) is 19.0. The van der Waals surface area contributed by atoms with E-state index in [1.54, 1.807) is 6.20 Å². The fraction of sp³-hybridized carbons (Fsp3) is 0.333. The minimum atomic E-state index is 0.0943. The molecule has 2 aromatic rings. The van der Waals surface area contributed by atoms with E-state index >= 15 is 0 Å². The maximum absolute atomic E-state index is 6.37. The summed E-state index contributed by atoms with van der Waals surface area (Å²) in [5.41, 5.74) is 4.53. The number of hydroxylamine groups is 1. The molecular formula is C18H23ClN4O2. The third-order valence-corrected chi connectivity index (χ3v) is 4.05. The fourth-order valence-corrected chi connectivity index (χ4v) is 2.61. The number of hydrogen-bond acceptors (Lipinski definition) is 6. The van der Waals surface area contributed by atoms with E-state index in [9.17, 15) is 0 Å². The van der Waals surface area contributed by atoms with Crippen LogP contribution in [0.4, 0.5) is 5.82 Å². The lowest BCUT2D eigenvalue weighted by atomic mass is 10.0. The van der Waals surface area contributed by atoms with Gasteiger partial charge >= 0.3 is 0 Å². The lowest BCUT2D eigenvalue weighted by Gasteiger charge is -2.19. The highest BCUT2D eigenvalue weighted by atomic mass is 35.5. The standard InChI is InChI=1S/C18H23ClN4O2/c1-4-15(23-18-17(19)16(5-2)20-12-21-18)13-6-8-14(9-7-13)25-11-10-22-24-3/h6-12,15,22H,4-5H2,1-3H3,(H,20,21,23). The van der Waals surface area contributed by atoms with Gasteiger partial charge in [0.25, 0.3) is 0 Å². The van der Waals surface area contributed by atoms with Crippen molar-refractivity contribution in [1.82, 2.24) is 15.4 Å². The molecule has 0 aliphatic rings. The summed E-state index contributed by atoms with van der Waals surface area (Å²) < 4.78 is 5.46. The molecule has 6 nitrogen and oxygen atoms in total. The number of rotatable bonds is 9. The van der Waals surface area contributed by atoms with Crippen molar-refractivity contribution in [3.63, 3.8) is 0 Å². The fourth-order valence-electron chi connectivity index (χ4n) is 2.33. The molecule has 0 bridgehead atoms. The monoisotopic (exact) mass is 362 g/mol. The average molecular weight is 363 g/mol. The first-order valence-electron chi connectivity index (χ1n) is 8.15. The third kappa shape index (κ3) is 5.34. The highest BCUT2D eigenvalue weighted by Gasteiger charge is 2.14. The van der Waals surface area contributed by atoms with Crippen LogP contribution in [0.15, 0.2) is 43.1 Å². The molecule has 0 spiro atoms. The Morgan fingerprint density at radius 2 is 1.96 bits per heavy atom. The predicted molar refractivity (Wildman–Crippen MR) is 99.4 cm³/mol. The van der Waals surface area contributed by atoms with Crippen molar-refractivity contribution in [3.8, 4) is 5.75 Å². The summed E-state index contributed by atoms with van der Waals surface area (Å²) in [4.78, 5) is 13.1. The van der Waals surface area contributed by atoms with E-state index in [0.717, 1.165) is 29.8 Å². The number of anilines is 1. The van der Waals surface area contributed by atoms with Gasteiger partial charge in [0, 0.05) is 0 Å². The predicted octanol–water partition coefficient (Wildman–Crippen LogP) is 4.26. The van der Waals surface area contributed by atoms with Crippen molar-refractivity contribution in [2.45, 2.75) is 32.7 Å². The van der Waals surface area contributed by atoms with Gasteiger partial charge in [0.2, 0.25) is 0 Å². The first-order valence-corrected chi connectivity index (χ1v) is 8.53. The second-order valence-electron chi connectivity index (χ2n) is 5.25. The van der Waals surface area contributed by atoms with Crippen LogP contribution >= 0.6 is 11.6 Å². The minimum absolute atomic E-state index is 0.0943. The summed E-state index contributed by atoms with van der Waals surface area (Å²) in [6, 6.07) is 7.96. The molecule has 0 fully saturated rings. The zero-order valence-corrected chi connectivity index (χ0v) is 15.4. The normalized spacial score (nSPS) is 12.2. The van der Waals surface area contributed by atoms with Crippen LogP contribution in [-0.4, -0.2) is 17.1 Å². The van der Waals surface area contributed by atoms with Crippen LogP contribution in [0.5, 0.6) is 5.75 Å². The van der Waals surface area contributed by atoms with Gasteiger partial charge in [-0.2, -0.15) is 0 Å². The zero-order chi connectivity index (χ0) is 18.1. The van der Waals surface area contributed by atoms with Crippen molar-refractivity contribution < 1.29 is 9.57 Å². The Balaban J connectivity index is 2.08. The molecule has 7 heteroatoms. The summed E-state index contributed by atoms with van der Waals surface area (Å²) in [5.74, 6) is 1.40. The van der Waals surface area contributed by atoms with Crippen LogP contribution in [0.1, 0.15) is 37.6 Å². The van der Waals surface area contributed by atoms with Gasteiger partial charge in [-0.15, -0.1) is 0 Å². The van der Waals surface area contributed by atoms with Crippen LogP contribution < -0.4 is 15.5 Å². The molecule has 1 heterocycles. The quantitative estimate of drug-likeness (QED) is 0.513. The summed E-state index contributed by atoms with van der Waals surface area (Å²) in [5, 5.41) is 3.99. The number of halogens is 1. The molecule has 0 saturated carbocycles. The van der Waals surface area contributed by atoms with Gasteiger partial charge in [-0.25, -0.2) is 9.97 Å². The molecule has 0 amide bonds. The van der Waals surface area contributed by atoms with E-state index in [-0.39, 0.29) is 6.04 Å². The highest BCUT2D eigenvalue weighted by molar-refractivity contribution is 6.33. The molecule has 0 saturated heterocycles. The maximum Gasteiger partial charge on any atom is 0.149 e. The number of nitrogens with one attached hydrogen (secondary N) is 2. The Kier molecular flexibility index (Phi) is 7.50. The van der Waals surface area contributed by atoms with Crippen LogP contribution in [0.25, 0.3) is 0 Å². The van der Waals surface area contributed by atoms with E-state index in [4.69, 9.17) is 16.3 Å². The summed E-state index contributed by atoms with van der Waals surface area (Å²) >= 11 is 6.37. The molecule has 0 aliphatic carbocycles. The van der Waals surface area contributed by atoms with Crippen LogP contribution in [0.2, 0.25) is 5.02 Å². The zero-order valence-electron chi connectivity index (χ0n) is 14.6. The van der Waals surface area contributed by atoms with Gasteiger partial charge in [-0.1, -0.05) is 37.6 Å². The number of aryl methyl sites for hydroxylation is 1. The molecule has 2 rings (SSSR count). The lowest BCUT2D eigenvalue weighted by molar-refractivity contribution is 0.126. The van der Waals surface area contributed by atoms with Crippen molar-refractivity contribution >= 4 is 17.4 Å². The summed E-state index contributed by atoms with van der Waals surface area (Å²) in [6.07, 6.45) is 6.27. The molecule has 134 valence electrons. The Morgan fingerprint density at radius 1 is 1.20 bits per heavy atom. The molecule has 1 unspecified atom stereocenters. The van der Waals surface area contributed by atoms with Gasteiger partial charge < -0.3 is 10.1 Å². The Morgan fingerprint density at radius 3 is 2.60 bits per heavy atom. The largest absolute Gasteiger partial charge is 0.463 e. The molecule has 1 aromatic heterocycles. The molecule has 0 aliphatic heterocycles. The van der Waals surface area contributed by atoms with E-state index in [0.29, 0.717) is 10.8 Å². The Hall–Kier alpha value is -2.31. The molecule has 1 aromatic carbocycles. The van der Waals surface area contributed by atoms with Crippen molar-refractivity contribution in [3.05, 3.63) is 59.3 Å². The smallest absolute Gasteiger partial charge is 0.149 e.